The van der Waals surface area contributed by atoms with Crippen LogP contribution in [-0.2, 0) is 6.42 Å². The average Bonchev–Trinajstić information content (AvgIpc) is 2.38. The molecule has 3 N–H and O–H groups in total. The molecule has 0 radical (unpaired) electrons. The summed E-state index contributed by atoms with van der Waals surface area (Å²) < 4.78 is 0.243. The van der Waals surface area contributed by atoms with Crippen molar-refractivity contribution in [3.05, 3.63) is 34.9 Å². The first kappa shape index (κ1) is 14.8. The maximum Gasteiger partial charge on any atom is 0.336 e. The molecular formula is C14H19NO2S2. The minimum atomic E-state index is -0.839. The van der Waals surface area contributed by atoms with E-state index in [2.05, 4.69) is 0 Å². The molecule has 1 aliphatic heterocycles. The summed E-state index contributed by atoms with van der Waals surface area (Å²) in [5, 5.41) is 9.33. The number of benzene rings is 1. The highest BCUT2D eigenvalue weighted by molar-refractivity contribution is 8.16. The molecule has 1 saturated heterocycles. The van der Waals surface area contributed by atoms with Gasteiger partial charge in [0.1, 0.15) is 0 Å². The molecule has 5 heteroatoms. The van der Waals surface area contributed by atoms with Crippen LogP contribution in [0.25, 0.3) is 0 Å². The van der Waals surface area contributed by atoms with Crippen LogP contribution in [0.15, 0.2) is 18.2 Å². The van der Waals surface area contributed by atoms with Gasteiger partial charge < -0.3 is 10.8 Å². The van der Waals surface area contributed by atoms with Crippen LogP contribution < -0.4 is 5.73 Å². The Morgan fingerprint density at radius 3 is 2.74 bits per heavy atom. The van der Waals surface area contributed by atoms with E-state index >= 15 is 0 Å². The summed E-state index contributed by atoms with van der Waals surface area (Å²) in [5.74, 6) is 1.37. The maximum absolute atomic E-state index is 11.4. The lowest BCUT2D eigenvalue weighted by Gasteiger charge is -2.23. The molecule has 1 aliphatic rings. The zero-order valence-electron chi connectivity index (χ0n) is 11.0. The molecule has 1 fully saturated rings. The van der Waals surface area contributed by atoms with Crippen molar-refractivity contribution in [2.24, 2.45) is 5.73 Å². The highest BCUT2D eigenvalue weighted by Gasteiger charge is 2.22. The fraction of sp³-hybridized carbons (Fsp3) is 0.500. The van der Waals surface area contributed by atoms with Gasteiger partial charge in [-0.15, -0.1) is 23.5 Å². The van der Waals surface area contributed by atoms with Crippen LogP contribution in [0.5, 0.6) is 0 Å². The highest BCUT2D eigenvalue weighted by atomic mass is 32.2. The van der Waals surface area contributed by atoms with Crippen LogP contribution in [0.4, 0.5) is 0 Å². The fourth-order valence-corrected chi connectivity index (χ4v) is 5.11. The van der Waals surface area contributed by atoms with Gasteiger partial charge in [-0.25, -0.2) is 4.79 Å². The molecule has 3 nitrogen and oxygen atoms in total. The molecule has 0 bridgehead atoms. The standard InChI is InChI=1S/C14H19NO2S2/c1-9(15)7-10-3-4-11(13(16)17)12(8-10)14-18-5-2-6-19-14/h3-4,8-9,14H,2,5-7,15H2,1H3,(H,16,17)/t9-/m1/s1. The number of rotatable bonds is 4. The second-order valence-electron chi connectivity index (χ2n) is 4.84. The van der Waals surface area contributed by atoms with E-state index in [1.807, 2.05) is 42.6 Å². The first-order chi connectivity index (χ1) is 9.08. The molecule has 1 aromatic carbocycles. The molecule has 0 saturated carbocycles. The molecule has 1 heterocycles. The molecule has 104 valence electrons. The first-order valence-electron chi connectivity index (χ1n) is 6.43. The van der Waals surface area contributed by atoms with E-state index in [-0.39, 0.29) is 10.6 Å². The molecule has 2 rings (SSSR count). The van der Waals surface area contributed by atoms with Gasteiger partial charge >= 0.3 is 5.97 Å². The number of carboxylic acid groups (broad SMARTS) is 1. The summed E-state index contributed by atoms with van der Waals surface area (Å²) in [6, 6.07) is 5.73. The van der Waals surface area contributed by atoms with Crippen LogP contribution in [0.1, 0.15) is 39.4 Å². The Bertz CT molecular complexity index is 457. The van der Waals surface area contributed by atoms with Gasteiger partial charge in [0.15, 0.2) is 0 Å². The summed E-state index contributed by atoms with van der Waals surface area (Å²) in [7, 11) is 0. The lowest BCUT2D eigenvalue weighted by molar-refractivity contribution is 0.0696. The zero-order chi connectivity index (χ0) is 13.8. The van der Waals surface area contributed by atoms with E-state index in [1.54, 1.807) is 6.07 Å². The van der Waals surface area contributed by atoms with Gasteiger partial charge in [0.05, 0.1) is 10.1 Å². The Hall–Kier alpha value is -0.650. The van der Waals surface area contributed by atoms with Crippen molar-refractivity contribution in [3.63, 3.8) is 0 Å². The highest BCUT2D eigenvalue weighted by Crippen LogP contribution is 2.45. The third kappa shape index (κ3) is 3.91. The van der Waals surface area contributed by atoms with E-state index in [0.717, 1.165) is 29.1 Å². The van der Waals surface area contributed by atoms with Gasteiger partial charge in [0.25, 0.3) is 0 Å². The van der Waals surface area contributed by atoms with Gasteiger partial charge in [0.2, 0.25) is 0 Å². The minimum absolute atomic E-state index is 0.0928. The van der Waals surface area contributed by atoms with E-state index in [1.165, 1.54) is 6.42 Å². The first-order valence-corrected chi connectivity index (χ1v) is 8.52. The zero-order valence-corrected chi connectivity index (χ0v) is 12.6. The Morgan fingerprint density at radius 1 is 1.47 bits per heavy atom. The Balaban J connectivity index is 2.32. The average molecular weight is 297 g/mol. The van der Waals surface area contributed by atoms with Gasteiger partial charge in [-0.3, -0.25) is 0 Å². The lowest BCUT2D eigenvalue weighted by atomic mass is 10.0. The van der Waals surface area contributed by atoms with Crippen molar-refractivity contribution in [2.75, 3.05) is 11.5 Å². The molecule has 1 aromatic rings. The number of nitrogens with two attached hydrogens (primary N) is 1. The van der Waals surface area contributed by atoms with Crippen LogP contribution in [0.3, 0.4) is 0 Å². The second-order valence-corrected chi connectivity index (χ2v) is 7.56. The smallest absolute Gasteiger partial charge is 0.336 e. The van der Waals surface area contributed by atoms with Gasteiger partial charge in [-0.1, -0.05) is 12.1 Å². The van der Waals surface area contributed by atoms with Crippen molar-refractivity contribution in [1.82, 2.24) is 0 Å². The summed E-state index contributed by atoms with van der Waals surface area (Å²) in [4.78, 5) is 11.4. The number of thioether (sulfide) groups is 2. The SMILES string of the molecule is C[C@@H](N)Cc1ccc(C(=O)O)c(C2SCCCS2)c1. The van der Waals surface area contributed by atoms with E-state index in [9.17, 15) is 9.90 Å². The van der Waals surface area contributed by atoms with Crippen molar-refractivity contribution in [1.29, 1.82) is 0 Å². The third-order valence-electron chi connectivity index (χ3n) is 2.99. The van der Waals surface area contributed by atoms with Gasteiger partial charge in [0, 0.05) is 6.04 Å². The summed E-state index contributed by atoms with van der Waals surface area (Å²) >= 11 is 3.69. The summed E-state index contributed by atoms with van der Waals surface area (Å²) in [6.45, 7) is 1.97. The normalized spacial score (nSPS) is 18.2. The topological polar surface area (TPSA) is 63.3 Å². The molecule has 1 atom stereocenters. The predicted molar refractivity (Wildman–Crippen MR) is 83.0 cm³/mol. The number of aromatic carboxylic acids is 1. The van der Waals surface area contributed by atoms with Crippen molar-refractivity contribution in [2.45, 2.75) is 30.4 Å². The number of hydrogen-bond donors (Lipinski definition) is 2. The van der Waals surface area contributed by atoms with Crippen molar-refractivity contribution >= 4 is 29.5 Å². The fourth-order valence-electron chi connectivity index (χ4n) is 2.17. The summed E-state index contributed by atoms with van der Waals surface area (Å²) in [6.07, 6.45) is 1.99. The lowest BCUT2D eigenvalue weighted by Crippen LogP contribution is -2.18. The number of carbonyl (C=O) groups is 1. The molecule has 0 amide bonds. The Kier molecular flexibility index (Phi) is 5.19. The van der Waals surface area contributed by atoms with E-state index in [0.29, 0.717) is 5.56 Å². The molecule has 0 aliphatic carbocycles. The third-order valence-corrected chi connectivity index (χ3v) is 5.96. The minimum Gasteiger partial charge on any atom is -0.478 e. The molecule has 0 spiro atoms. The quantitative estimate of drug-likeness (QED) is 0.894. The van der Waals surface area contributed by atoms with Crippen LogP contribution >= 0.6 is 23.5 Å². The van der Waals surface area contributed by atoms with E-state index in [4.69, 9.17) is 5.73 Å². The molecule has 19 heavy (non-hydrogen) atoms. The van der Waals surface area contributed by atoms with E-state index < -0.39 is 5.97 Å². The molecule has 0 aromatic heterocycles. The monoisotopic (exact) mass is 297 g/mol. The van der Waals surface area contributed by atoms with Crippen molar-refractivity contribution < 1.29 is 9.90 Å². The second kappa shape index (κ2) is 6.68. The largest absolute Gasteiger partial charge is 0.478 e. The van der Waals surface area contributed by atoms with Gasteiger partial charge in [-0.2, -0.15) is 0 Å². The number of carboxylic acids is 1. The summed E-state index contributed by atoms with van der Waals surface area (Å²) in [5.41, 5.74) is 8.33. The Labute approximate surface area is 122 Å². The van der Waals surface area contributed by atoms with Crippen molar-refractivity contribution in [3.8, 4) is 0 Å². The van der Waals surface area contributed by atoms with Crippen LogP contribution in [0.2, 0.25) is 0 Å². The van der Waals surface area contributed by atoms with Crippen LogP contribution in [-0.4, -0.2) is 28.6 Å². The Morgan fingerprint density at radius 2 is 2.16 bits per heavy atom. The van der Waals surface area contributed by atoms with Crippen LogP contribution in [0, 0.1) is 0 Å². The maximum atomic E-state index is 11.4. The molecular weight excluding hydrogens is 278 g/mol. The predicted octanol–water partition coefficient (Wildman–Crippen LogP) is 3.14. The molecule has 0 unspecified atom stereocenters. The van der Waals surface area contributed by atoms with Gasteiger partial charge in [-0.05, 0) is 48.5 Å². The number of hydrogen-bond acceptors (Lipinski definition) is 4.